The van der Waals surface area contributed by atoms with Crippen LogP contribution in [0.2, 0.25) is 5.02 Å². The van der Waals surface area contributed by atoms with Gasteiger partial charge in [-0.3, -0.25) is 9.78 Å². The van der Waals surface area contributed by atoms with Gasteiger partial charge in [0.15, 0.2) is 0 Å². The smallest absolute Gasteiger partial charge is 0.416 e. The van der Waals surface area contributed by atoms with Crippen LogP contribution in [0.4, 0.5) is 18.0 Å². The topological polar surface area (TPSA) is 89.6 Å². The minimum absolute atomic E-state index is 0.0347. The Kier molecular flexibility index (Phi) is 7.39. The zero-order valence-corrected chi connectivity index (χ0v) is 17.8. The van der Waals surface area contributed by atoms with E-state index in [1.165, 1.54) is 31.4 Å². The Hall–Kier alpha value is -3.79. The van der Waals surface area contributed by atoms with Crippen molar-refractivity contribution in [2.75, 3.05) is 7.05 Å². The molecule has 2 N–H and O–H groups in total. The average molecular weight is 480 g/mol. The molecule has 0 radical (unpaired) electrons. The Bertz CT molecular complexity index is 1170. The summed E-state index contributed by atoms with van der Waals surface area (Å²) in [5, 5.41) is 5.16. The van der Waals surface area contributed by atoms with Crippen LogP contribution in [0.5, 0.6) is 17.2 Å². The number of hydrogen-bond donors (Lipinski definition) is 2. The predicted octanol–water partition coefficient (Wildman–Crippen LogP) is 5.19. The minimum atomic E-state index is -4.55. The molecule has 1 heterocycles. The van der Waals surface area contributed by atoms with E-state index < -0.39 is 17.8 Å². The van der Waals surface area contributed by atoms with Crippen molar-refractivity contribution < 1.29 is 32.2 Å². The van der Waals surface area contributed by atoms with Crippen molar-refractivity contribution >= 4 is 23.6 Å². The van der Waals surface area contributed by atoms with Crippen LogP contribution in [0, 0.1) is 0 Å². The summed E-state index contributed by atoms with van der Waals surface area (Å²) >= 11 is 6.24. The van der Waals surface area contributed by atoms with Crippen molar-refractivity contribution in [3.8, 4) is 17.2 Å². The van der Waals surface area contributed by atoms with Gasteiger partial charge in [0, 0.05) is 30.9 Å². The summed E-state index contributed by atoms with van der Waals surface area (Å²) in [7, 11) is 1.49. The number of amides is 2. The molecule has 0 fully saturated rings. The first kappa shape index (κ1) is 23.9. The standard InChI is InChI=1S/C22H17ClF3N3O4/c1-27-20(30)19-11-17(7-8-28-19)32-16-6-5-13(18(23)10-16)12-29-21(31)33-15-4-2-3-14(9-15)22(24,25)26/h2-11H,12H2,1H3,(H,27,30)(H,29,31). The van der Waals surface area contributed by atoms with Crippen molar-refractivity contribution in [2.45, 2.75) is 12.7 Å². The molecule has 0 saturated heterocycles. The van der Waals surface area contributed by atoms with Gasteiger partial charge in [0.2, 0.25) is 0 Å². The Labute approximate surface area is 191 Å². The van der Waals surface area contributed by atoms with E-state index in [1.807, 2.05) is 0 Å². The second-order valence-electron chi connectivity index (χ2n) is 6.58. The van der Waals surface area contributed by atoms with Crippen molar-refractivity contribution in [3.05, 3.63) is 82.6 Å². The summed E-state index contributed by atoms with van der Waals surface area (Å²) < 4.78 is 48.9. The first-order valence-electron chi connectivity index (χ1n) is 9.43. The van der Waals surface area contributed by atoms with Gasteiger partial charge in [-0.2, -0.15) is 13.2 Å². The Balaban J connectivity index is 1.60. The summed E-state index contributed by atoms with van der Waals surface area (Å²) in [4.78, 5) is 27.6. The molecular weight excluding hydrogens is 463 g/mol. The molecule has 172 valence electrons. The fourth-order valence-electron chi connectivity index (χ4n) is 2.64. The number of carbonyl (C=O) groups is 2. The van der Waals surface area contributed by atoms with Gasteiger partial charge in [-0.25, -0.2) is 4.79 Å². The van der Waals surface area contributed by atoms with Gasteiger partial charge in [-0.15, -0.1) is 0 Å². The highest BCUT2D eigenvalue weighted by Gasteiger charge is 2.30. The van der Waals surface area contributed by atoms with Crippen LogP contribution in [0.1, 0.15) is 21.6 Å². The Morgan fingerprint density at radius 2 is 1.79 bits per heavy atom. The molecule has 11 heteroatoms. The number of carbonyl (C=O) groups excluding carboxylic acids is 2. The summed E-state index contributed by atoms with van der Waals surface area (Å²) in [6, 6.07) is 11.7. The molecule has 0 saturated carbocycles. The number of nitrogens with zero attached hydrogens (tertiary/aromatic N) is 1. The van der Waals surface area contributed by atoms with Gasteiger partial charge in [-0.05, 0) is 42.0 Å². The number of benzene rings is 2. The molecule has 0 unspecified atom stereocenters. The molecule has 1 aromatic heterocycles. The van der Waals surface area contributed by atoms with Gasteiger partial charge < -0.3 is 20.1 Å². The number of pyridine rings is 1. The van der Waals surface area contributed by atoms with Crippen LogP contribution < -0.4 is 20.1 Å². The van der Waals surface area contributed by atoms with Crippen LogP contribution >= 0.6 is 11.6 Å². The normalized spacial score (nSPS) is 10.9. The average Bonchev–Trinajstić information content (AvgIpc) is 2.78. The first-order chi connectivity index (χ1) is 15.7. The van der Waals surface area contributed by atoms with Crippen LogP contribution in [-0.4, -0.2) is 24.0 Å². The lowest BCUT2D eigenvalue weighted by molar-refractivity contribution is -0.137. The lowest BCUT2D eigenvalue weighted by atomic mass is 10.2. The van der Waals surface area contributed by atoms with E-state index in [9.17, 15) is 22.8 Å². The van der Waals surface area contributed by atoms with E-state index in [4.69, 9.17) is 21.1 Å². The van der Waals surface area contributed by atoms with Gasteiger partial charge in [-0.1, -0.05) is 23.7 Å². The molecule has 2 amide bonds. The summed E-state index contributed by atoms with van der Waals surface area (Å²) in [6.45, 7) is -0.0347. The fraction of sp³-hybridized carbons (Fsp3) is 0.136. The zero-order chi connectivity index (χ0) is 24.0. The first-order valence-corrected chi connectivity index (χ1v) is 9.81. The molecule has 0 bridgehead atoms. The van der Waals surface area contributed by atoms with Crippen molar-refractivity contribution in [1.82, 2.24) is 15.6 Å². The van der Waals surface area contributed by atoms with Crippen LogP contribution in [0.3, 0.4) is 0 Å². The number of aromatic nitrogens is 1. The van der Waals surface area contributed by atoms with E-state index in [1.54, 1.807) is 18.2 Å². The van der Waals surface area contributed by atoms with E-state index in [0.717, 1.165) is 18.2 Å². The molecular formula is C22H17ClF3N3O4. The lowest BCUT2D eigenvalue weighted by Crippen LogP contribution is -2.26. The number of halogens is 4. The molecule has 0 aliphatic heterocycles. The molecule has 3 rings (SSSR count). The Morgan fingerprint density at radius 1 is 1.03 bits per heavy atom. The number of rotatable bonds is 6. The number of hydrogen-bond acceptors (Lipinski definition) is 5. The molecule has 0 aliphatic carbocycles. The molecule has 7 nitrogen and oxygen atoms in total. The molecule has 2 aromatic carbocycles. The van der Waals surface area contributed by atoms with Gasteiger partial charge in [0.05, 0.1) is 5.56 Å². The largest absolute Gasteiger partial charge is 0.457 e. The highest BCUT2D eigenvalue weighted by atomic mass is 35.5. The van der Waals surface area contributed by atoms with E-state index >= 15 is 0 Å². The number of ether oxygens (including phenoxy) is 2. The third kappa shape index (κ3) is 6.59. The lowest BCUT2D eigenvalue weighted by Gasteiger charge is -2.11. The fourth-order valence-corrected chi connectivity index (χ4v) is 2.88. The van der Waals surface area contributed by atoms with Gasteiger partial charge in [0.1, 0.15) is 22.9 Å². The highest BCUT2D eigenvalue weighted by Crippen LogP contribution is 2.31. The van der Waals surface area contributed by atoms with Crippen molar-refractivity contribution in [3.63, 3.8) is 0 Å². The molecule has 0 spiro atoms. The molecule has 0 aliphatic rings. The third-order valence-corrected chi connectivity index (χ3v) is 4.60. The third-order valence-electron chi connectivity index (χ3n) is 4.25. The van der Waals surface area contributed by atoms with Crippen molar-refractivity contribution in [1.29, 1.82) is 0 Å². The minimum Gasteiger partial charge on any atom is -0.457 e. The maximum absolute atomic E-state index is 12.8. The maximum Gasteiger partial charge on any atom is 0.416 e. The van der Waals surface area contributed by atoms with Crippen LogP contribution in [0.25, 0.3) is 0 Å². The summed E-state index contributed by atoms with van der Waals surface area (Å²) in [5.41, 5.74) is -0.227. The molecule has 3 aromatic rings. The van der Waals surface area contributed by atoms with E-state index in [2.05, 4.69) is 15.6 Å². The summed E-state index contributed by atoms with van der Waals surface area (Å²) in [6.07, 6.45) is -4.06. The monoisotopic (exact) mass is 479 g/mol. The quantitative estimate of drug-likeness (QED) is 0.507. The van der Waals surface area contributed by atoms with Crippen LogP contribution in [0.15, 0.2) is 60.8 Å². The molecule has 33 heavy (non-hydrogen) atoms. The number of nitrogens with one attached hydrogen (secondary N) is 2. The van der Waals surface area contributed by atoms with E-state index in [-0.39, 0.29) is 28.9 Å². The predicted molar refractivity (Wildman–Crippen MR) is 113 cm³/mol. The van der Waals surface area contributed by atoms with Gasteiger partial charge in [0.25, 0.3) is 5.91 Å². The second kappa shape index (κ2) is 10.2. The van der Waals surface area contributed by atoms with E-state index in [0.29, 0.717) is 17.1 Å². The highest BCUT2D eigenvalue weighted by molar-refractivity contribution is 6.31. The van der Waals surface area contributed by atoms with Gasteiger partial charge >= 0.3 is 12.3 Å². The molecule has 0 atom stereocenters. The van der Waals surface area contributed by atoms with Crippen LogP contribution in [-0.2, 0) is 12.7 Å². The summed E-state index contributed by atoms with van der Waals surface area (Å²) in [5.74, 6) is 0.141. The maximum atomic E-state index is 12.8. The zero-order valence-electron chi connectivity index (χ0n) is 17.1. The van der Waals surface area contributed by atoms with Crippen molar-refractivity contribution in [2.24, 2.45) is 0 Å². The Morgan fingerprint density at radius 3 is 2.48 bits per heavy atom. The SMILES string of the molecule is CNC(=O)c1cc(Oc2ccc(CNC(=O)Oc3cccc(C(F)(F)F)c3)c(Cl)c2)ccn1. The number of alkyl halides is 3. The second-order valence-corrected chi connectivity index (χ2v) is 6.99.